The summed E-state index contributed by atoms with van der Waals surface area (Å²) in [6.07, 6.45) is 0. The van der Waals surface area contributed by atoms with E-state index in [2.05, 4.69) is 164 Å². The van der Waals surface area contributed by atoms with Gasteiger partial charge in [0.2, 0.25) is 0 Å². The molecule has 3 nitrogen and oxygen atoms in total. The Bertz CT molecular complexity index is 3140. The van der Waals surface area contributed by atoms with E-state index in [9.17, 15) is 0 Å². The normalized spacial score (nSPS) is 12.2. The fraction of sp³-hybridized carbons (Fsp3) is 0. The summed E-state index contributed by atoms with van der Waals surface area (Å²) in [5.74, 6) is 0. The van der Waals surface area contributed by atoms with E-state index in [0.29, 0.717) is 0 Å². The first-order valence-corrected chi connectivity index (χ1v) is 18.0. The highest BCUT2D eigenvalue weighted by Gasteiger charge is 2.28. The summed E-state index contributed by atoms with van der Waals surface area (Å²) >= 11 is 1.79. The summed E-state index contributed by atoms with van der Waals surface area (Å²) in [7, 11) is 0. The van der Waals surface area contributed by atoms with E-state index < -0.39 is 0 Å². The first-order valence-electron chi connectivity index (χ1n) is 17.2. The minimum absolute atomic E-state index is 0.931. The number of aromatic nitrogens is 1. The van der Waals surface area contributed by atoms with Crippen molar-refractivity contribution < 1.29 is 0 Å². The lowest BCUT2D eigenvalue weighted by Crippen LogP contribution is -2.02. The van der Waals surface area contributed by atoms with Crippen LogP contribution in [-0.4, -0.2) is 4.98 Å². The Hall–Kier alpha value is -6.49. The Morgan fingerprint density at radius 2 is 1.10 bits per heavy atom. The molecule has 0 bridgehead atoms. The third-order valence-corrected chi connectivity index (χ3v) is 11.4. The number of pyridine rings is 1. The average molecular weight is 666 g/mol. The summed E-state index contributed by atoms with van der Waals surface area (Å²) < 4.78 is 2.43. The molecule has 0 saturated carbocycles. The Morgan fingerprint density at radius 3 is 1.96 bits per heavy atom. The van der Waals surface area contributed by atoms with Crippen molar-refractivity contribution in [1.82, 2.24) is 4.98 Å². The summed E-state index contributed by atoms with van der Waals surface area (Å²) in [6, 6.07) is 58.4. The highest BCUT2D eigenvalue weighted by molar-refractivity contribution is 7.25. The number of nitrogens with zero attached hydrogens (tertiary/aromatic N) is 3. The second kappa shape index (κ2) is 11.0. The van der Waals surface area contributed by atoms with Crippen molar-refractivity contribution in [3.05, 3.63) is 185 Å². The maximum atomic E-state index is 5.51. The first kappa shape index (κ1) is 28.4. The Kier molecular flexibility index (Phi) is 6.12. The molecular weight excluding hydrogens is 639 g/mol. The van der Waals surface area contributed by atoms with Crippen LogP contribution in [0.15, 0.2) is 174 Å². The highest BCUT2D eigenvalue weighted by atomic mass is 32.1. The Balaban J connectivity index is 1.24. The van der Waals surface area contributed by atoms with Gasteiger partial charge in [-0.3, -0.25) is 0 Å². The van der Waals surface area contributed by atoms with Crippen LogP contribution in [0.3, 0.4) is 0 Å². The zero-order valence-electron chi connectivity index (χ0n) is 27.3. The average Bonchev–Trinajstić information content (AvgIpc) is 3.89. The molecule has 2 aliphatic heterocycles. The van der Waals surface area contributed by atoms with Crippen LogP contribution in [0.1, 0.15) is 0 Å². The number of para-hydroxylation sites is 1. The second-order valence-electron chi connectivity index (χ2n) is 13.1. The SMILES string of the molecule is c1ccc(-c2ccccc2-c2ccccc2-c2ccc3c(c2-c2ccc4sc5ccccc5c4n2)-c2c4c(ccc2=N3)=c2ccccc2=N4)cc1. The van der Waals surface area contributed by atoms with Gasteiger partial charge in [-0.05, 0) is 75.8 Å². The second-order valence-corrected chi connectivity index (χ2v) is 14.2. The predicted molar refractivity (Wildman–Crippen MR) is 210 cm³/mol. The van der Waals surface area contributed by atoms with Crippen LogP contribution >= 0.6 is 11.3 Å². The van der Waals surface area contributed by atoms with E-state index in [4.69, 9.17) is 15.0 Å². The number of fused-ring (bicyclic) bond motifs is 9. The number of hydrogen-bond donors (Lipinski definition) is 0. The highest BCUT2D eigenvalue weighted by Crippen LogP contribution is 2.51. The van der Waals surface area contributed by atoms with Crippen molar-refractivity contribution in [2.45, 2.75) is 0 Å². The van der Waals surface area contributed by atoms with Gasteiger partial charge in [0, 0.05) is 37.2 Å². The van der Waals surface area contributed by atoms with Gasteiger partial charge in [-0.15, -0.1) is 11.3 Å². The van der Waals surface area contributed by atoms with Gasteiger partial charge in [0.1, 0.15) is 0 Å². The molecule has 0 radical (unpaired) electrons. The lowest BCUT2D eigenvalue weighted by atomic mass is 9.84. The van der Waals surface area contributed by atoms with Crippen molar-refractivity contribution in [2.24, 2.45) is 9.98 Å². The maximum absolute atomic E-state index is 5.51. The van der Waals surface area contributed by atoms with Crippen LogP contribution < -0.4 is 10.7 Å². The van der Waals surface area contributed by atoms with Gasteiger partial charge in [0.05, 0.1) is 38.0 Å². The van der Waals surface area contributed by atoms with Crippen LogP contribution in [-0.2, 0) is 0 Å². The summed E-state index contributed by atoms with van der Waals surface area (Å²) in [6.45, 7) is 0. The molecule has 0 unspecified atom stereocenters. The molecule has 0 atom stereocenters. The summed E-state index contributed by atoms with van der Waals surface area (Å²) in [4.78, 5) is 16.0. The molecule has 0 amide bonds. The van der Waals surface area contributed by atoms with Gasteiger partial charge in [-0.1, -0.05) is 121 Å². The van der Waals surface area contributed by atoms with E-state index in [1.165, 1.54) is 37.0 Å². The van der Waals surface area contributed by atoms with E-state index in [0.717, 1.165) is 71.6 Å². The maximum Gasteiger partial charge on any atom is 0.0895 e. The minimum Gasteiger partial charge on any atom is -0.248 e. The molecule has 2 aromatic heterocycles. The molecule has 11 rings (SSSR count). The number of hydrogen-bond acceptors (Lipinski definition) is 4. The monoisotopic (exact) mass is 665 g/mol. The van der Waals surface area contributed by atoms with E-state index >= 15 is 0 Å². The molecule has 0 aliphatic carbocycles. The smallest absolute Gasteiger partial charge is 0.0895 e. The zero-order valence-corrected chi connectivity index (χ0v) is 28.2. The van der Waals surface area contributed by atoms with Gasteiger partial charge in [-0.25, -0.2) is 15.0 Å². The first-order chi connectivity index (χ1) is 25.3. The van der Waals surface area contributed by atoms with Crippen molar-refractivity contribution in [3.63, 3.8) is 0 Å². The standard InChI is InChI=1S/C47H27N3S/c1-2-12-28(13-3-1)29-14-4-5-15-30(29)31-16-6-7-17-32(31)34-22-24-39-44(43(34)38-26-27-42-46(50-38)36-19-9-11-21-41(36)51-42)45-40(48-39)25-23-35-33-18-8-10-20-37(33)49-47(35)45/h1-27H. The molecule has 0 spiro atoms. The fourth-order valence-corrected chi connectivity index (χ4v) is 9.05. The van der Waals surface area contributed by atoms with Crippen LogP contribution in [0.25, 0.3) is 76.1 Å². The minimum atomic E-state index is 0.931. The van der Waals surface area contributed by atoms with Crippen LogP contribution in [0.4, 0.5) is 11.4 Å². The third-order valence-electron chi connectivity index (χ3n) is 10.3. The molecule has 236 valence electrons. The molecule has 0 N–H and O–H groups in total. The molecule has 0 saturated heterocycles. The zero-order chi connectivity index (χ0) is 33.5. The third kappa shape index (κ3) is 4.27. The van der Waals surface area contributed by atoms with Crippen LogP contribution in [0.2, 0.25) is 0 Å². The summed E-state index contributed by atoms with van der Waals surface area (Å²) in [5, 5.41) is 5.44. The van der Waals surface area contributed by atoms with Crippen molar-refractivity contribution in [1.29, 1.82) is 0 Å². The number of thiophene rings is 1. The molecular formula is C47H27N3S. The quantitative estimate of drug-likeness (QED) is 0.184. The van der Waals surface area contributed by atoms with Gasteiger partial charge in [-0.2, -0.15) is 0 Å². The largest absolute Gasteiger partial charge is 0.248 e. The van der Waals surface area contributed by atoms with Gasteiger partial charge in [0.25, 0.3) is 0 Å². The lowest BCUT2D eigenvalue weighted by Gasteiger charge is -2.19. The van der Waals surface area contributed by atoms with E-state index in [1.807, 2.05) is 0 Å². The summed E-state index contributed by atoms with van der Waals surface area (Å²) in [5.41, 5.74) is 14.2. The predicted octanol–water partition coefficient (Wildman–Crippen LogP) is 11.6. The molecule has 7 aromatic carbocycles. The number of rotatable bonds is 4. The molecule has 4 heterocycles. The molecule has 4 heteroatoms. The molecule has 0 fully saturated rings. The van der Waals surface area contributed by atoms with Crippen LogP contribution in [0, 0.1) is 10.4 Å². The Labute approximate surface area is 297 Å². The topological polar surface area (TPSA) is 37.6 Å². The molecule has 2 aliphatic rings. The van der Waals surface area contributed by atoms with Crippen molar-refractivity contribution >= 4 is 43.0 Å². The Morgan fingerprint density at radius 1 is 0.392 bits per heavy atom. The van der Waals surface area contributed by atoms with Crippen molar-refractivity contribution in [2.75, 3.05) is 0 Å². The van der Waals surface area contributed by atoms with Gasteiger partial charge in [0.15, 0.2) is 0 Å². The van der Waals surface area contributed by atoms with Crippen LogP contribution in [0.5, 0.6) is 0 Å². The molecule has 9 aromatic rings. The van der Waals surface area contributed by atoms with Crippen molar-refractivity contribution in [3.8, 4) is 55.8 Å². The van der Waals surface area contributed by atoms with Gasteiger partial charge >= 0.3 is 0 Å². The van der Waals surface area contributed by atoms with Gasteiger partial charge < -0.3 is 0 Å². The van der Waals surface area contributed by atoms with E-state index in [1.54, 1.807) is 11.3 Å². The lowest BCUT2D eigenvalue weighted by molar-refractivity contribution is 1.36. The number of benzene rings is 7. The molecule has 51 heavy (non-hydrogen) atoms. The van der Waals surface area contributed by atoms with E-state index in [-0.39, 0.29) is 0 Å². The fourth-order valence-electron chi connectivity index (χ4n) is 8.00.